The highest BCUT2D eigenvalue weighted by Crippen LogP contribution is 2.52. The summed E-state index contributed by atoms with van der Waals surface area (Å²) in [6.07, 6.45) is 14.5. The van der Waals surface area contributed by atoms with Gasteiger partial charge in [0, 0.05) is 38.5 Å². The van der Waals surface area contributed by atoms with E-state index >= 15 is 0 Å². The van der Waals surface area contributed by atoms with Crippen molar-refractivity contribution in [3.05, 3.63) is 216 Å². The van der Waals surface area contributed by atoms with Crippen LogP contribution >= 0.6 is 11.8 Å². The molecule has 1 aromatic heterocycles. The quantitative estimate of drug-likeness (QED) is 0.160. The molecule has 3 aliphatic rings. The molecular formula is C59H49NOS. The summed E-state index contributed by atoms with van der Waals surface area (Å²) in [5, 5.41) is 2.74. The molecule has 3 heteroatoms. The molecule has 0 spiro atoms. The number of fused-ring (bicyclic) bond motifs is 6. The summed E-state index contributed by atoms with van der Waals surface area (Å²) >= 11 is 2.00. The van der Waals surface area contributed by atoms with Crippen LogP contribution in [0.25, 0.3) is 60.9 Å². The van der Waals surface area contributed by atoms with E-state index in [-0.39, 0.29) is 12.0 Å². The van der Waals surface area contributed by atoms with Crippen molar-refractivity contribution >= 4 is 45.0 Å². The number of thioether (sulfide) groups is 1. The van der Waals surface area contributed by atoms with E-state index in [2.05, 4.69) is 208 Å². The van der Waals surface area contributed by atoms with Crippen LogP contribution in [-0.4, -0.2) is 11.0 Å². The van der Waals surface area contributed by atoms with Gasteiger partial charge in [-0.25, -0.2) is 0 Å². The molecular weight excluding hydrogens is 771 g/mol. The van der Waals surface area contributed by atoms with Gasteiger partial charge < -0.3 is 4.42 Å². The Bertz CT molecular complexity index is 3060. The van der Waals surface area contributed by atoms with Gasteiger partial charge in [0.15, 0.2) is 0 Å². The lowest BCUT2D eigenvalue weighted by molar-refractivity contribution is 0.429. The molecule has 2 aliphatic heterocycles. The van der Waals surface area contributed by atoms with Crippen LogP contribution in [0.15, 0.2) is 208 Å². The summed E-state index contributed by atoms with van der Waals surface area (Å²) in [6, 6.07) is 60.1. The summed E-state index contributed by atoms with van der Waals surface area (Å²) in [6.45, 7) is 4.66. The maximum Gasteiger partial charge on any atom is 0.136 e. The molecule has 62 heavy (non-hydrogen) atoms. The first-order chi connectivity index (χ1) is 30.6. The van der Waals surface area contributed by atoms with Crippen molar-refractivity contribution in [3.8, 4) is 33.4 Å². The zero-order valence-electron chi connectivity index (χ0n) is 35.2. The molecule has 0 saturated heterocycles. The monoisotopic (exact) mass is 819 g/mol. The van der Waals surface area contributed by atoms with Gasteiger partial charge >= 0.3 is 0 Å². The van der Waals surface area contributed by atoms with Gasteiger partial charge in [-0.3, -0.25) is 4.99 Å². The fourth-order valence-corrected chi connectivity index (χ4v) is 11.5. The molecule has 0 fully saturated rings. The van der Waals surface area contributed by atoms with Crippen molar-refractivity contribution < 1.29 is 4.42 Å². The Kier molecular flexibility index (Phi) is 10.2. The van der Waals surface area contributed by atoms with Gasteiger partial charge in [-0.15, -0.1) is 11.8 Å². The minimum absolute atomic E-state index is 0.0294. The first-order valence-corrected chi connectivity index (χ1v) is 23.2. The zero-order valence-corrected chi connectivity index (χ0v) is 36.1. The van der Waals surface area contributed by atoms with Crippen molar-refractivity contribution in [3.63, 3.8) is 0 Å². The van der Waals surface area contributed by atoms with Crippen LogP contribution in [0.3, 0.4) is 0 Å². The van der Waals surface area contributed by atoms with Gasteiger partial charge in [-0.05, 0) is 110 Å². The van der Waals surface area contributed by atoms with E-state index in [1.54, 1.807) is 0 Å². The van der Waals surface area contributed by atoms with Gasteiger partial charge in [-0.1, -0.05) is 184 Å². The fourth-order valence-electron chi connectivity index (χ4n) is 10.0. The number of benzene rings is 7. The molecule has 0 saturated carbocycles. The smallest absolute Gasteiger partial charge is 0.136 e. The van der Waals surface area contributed by atoms with E-state index in [4.69, 9.17) is 9.41 Å². The molecule has 1 aliphatic carbocycles. The van der Waals surface area contributed by atoms with Crippen molar-refractivity contribution in [2.75, 3.05) is 0 Å². The van der Waals surface area contributed by atoms with Crippen LogP contribution in [-0.2, 0) is 0 Å². The van der Waals surface area contributed by atoms with E-state index in [9.17, 15) is 0 Å². The average molecular weight is 820 g/mol. The summed E-state index contributed by atoms with van der Waals surface area (Å²) in [4.78, 5) is 7.18. The molecule has 8 aromatic rings. The van der Waals surface area contributed by atoms with Crippen LogP contribution < -0.4 is 0 Å². The summed E-state index contributed by atoms with van der Waals surface area (Å²) < 4.78 is 6.67. The van der Waals surface area contributed by atoms with E-state index in [1.165, 1.54) is 60.5 Å². The van der Waals surface area contributed by atoms with Crippen molar-refractivity contribution in [1.82, 2.24) is 0 Å². The molecule has 5 atom stereocenters. The molecule has 4 unspecified atom stereocenters. The Balaban J connectivity index is 0.934. The maximum atomic E-state index is 6.67. The number of furan rings is 1. The largest absolute Gasteiger partial charge is 0.456 e. The number of aliphatic imine (C=N–C) groups is 1. The minimum Gasteiger partial charge on any atom is -0.456 e. The highest BCUT2D eigenvalue weighted by Gasteiger charge is 2.33. The maximum absolute atomic E-state index is 6.67. The Morgan fingerprint density at radius 2 is 1.29 bits per heavy atom. The topological polar surface area (TPSA) is 25.5 Å². The lowest BCUT2D eigenvalue weighted by Crippen LogP contribution is -2.17. The number of hydrogen-bond donors (Lipinski definition) is 0. The SMILES string of the molecule is CCC1C/C(c2ccc(-c3ccccc3)cc2)=C/CC(C)C(c2ccc3c(c2)oc2ccc(-c4cccc(-c5cccc6c5SC5C=CC=CC65)c4)cc23)=N[C@H]1c1ccccc1. The predicted octanol–water partition coefficient (Wildman–Crippen LogP) is 16.3. The van der Waals surface area contributed by atoms with Crippen LogP contribution in [0.4, 0.5) is 0 Å². The van der Waals surface area contributed by atoms with E-state index in [1.807, 2.05) is 11.8 Å². The van der Waals surface area contributed by atoms with Crippen molar-refractivity contribution in [2.24, 2.45) is 16.8 Å². The zero-order chi connectivity index (χ0) is 41.6. The molecule has 0 radical (unpaired) electrons. The summed E-state index contributed by atoms with van der Waals surface area (Å²) in [5.41, 5.74) is 17.0. The molecule has 302 valence electrons. The van der Waals surface area contributed by atoms with E-state index in [0.29, 0.717) is 17.1 Å². The van der Waals surface area contributed by atoms with Crippen molar-refractivity contribution in [1.29, 1.82) is 0 Å². The Morgan fingerprint density at radius 3 is 2.13 bits per heavy atom. The van der Waals surface area contributed by atoms with Gasteiger partial charge in [-0.2, -0.15) is 0 Å². The number of allylic oxidation sites excluding steroid dienone is 5. The fraction of sp³-hybridized carbons (Fsp3) is 0.169. The van der Waals surface area contributed by atoms with Crippen LogP contribution in [0.5, 0.6) is 0 Å². The van der Waals surface area contributed by atoms with Crippen molar-refractivity contribution in [2.45, 2.75) is 55.2 Å². The summed E-state index contributed by atoms with van der Waals surface area (Å²) in [7, 11) is 0. The molecule has 2 nitrogen and oxygen atoms in total. The third-order valence-corrected chi connectivity index (χ3v) is 14.9. The molecule has 0 bridgehead atoms. The Labute approximate surface area is 369 Å². The Hall–Kier alpha value is -6.42. The molecule has 0 amide bonds. The van der Waals surface area contributed by atoms with E-state index in [0.717, 1.165) is 52.5 Å². The van der Waals surface area contributed by atoms with E-state index < -0.39 is 0 Å². The standard InChI is InChI=1S/C59H49NOS/c1-3-39-34-45(42-28-26-41(27-29-42)40-14-6-4-7-15-40)25-24-38(2)57(60-58(39)43-16-8-5-9-17-43)48-30-32-50-53-36-46(31-33-54(53)61-55(50)37-48)44-18-12-19-47(35-44)49-21-13-22-52-51-20-10-11-23-56(51)62-59(49)52/h4-23,25-33,35-39,51,56,58H,3,24,34H2,1-2H3/b45-25-,60-57?/t38?,39?,51?,56?,58-/m1/s1. The van der Waals surface area contributed by atoms with Gasteiger partial charge in [0.05, 0.1) is 6.04 Å². The highest BCUT2D eigenvalue weighted by atomic mass is 32.2. The average Bonchev–Trinajstić information content (AvgIpc) is 3.92. The number of nitrogens with zero attached hydrogens (tertiary/aromatic N) is 1. The number of rotatable bonds is 7. The molecule has 7 aromatic carbocycles. The van der Waals surface area contributed by atoms with Crippen LogP contribution in [0.1, 0.15) is 67.3 Å². The summed E-state index contributed by atoms with van der Waals surface area (Å²) in [5.74, 6) is 0.992. The molecule has 3 heterocycles. The lowest BCUT2D eigenvalue weighted by Gasteiger charge is -2.26. The normalized spacial score (nSPS) is 21.7. The first kappa shape index (κ1) is 38.5. The Morgan fingerprint density at radius 1 is 0.597 bits per heavy atom. The number of hydrogen-bond acceptors (Lipinski definition) is 3. The molecule has 11 rings (SSSR count). The molecule has 0 N–H and O–H groups in total. The van der Waals surface area contributed by atoms with Crippen LogP contribution in [0, 0.1) is 11.8 Å². The lowest BCUT2D eigenvalue weighted by atomic mass is 9.84. The predicted molar refractivity (Wildman–Crippen MR) is 263 cm³/mol. The van der Waals surface area contributed by atoms with Gasteiger partial charge in [0.2, 0.25) is 0 Å². The second-order valence-electron chi connectivity index (χ2n) is 17.3. The van der Waals surface area contributed by atoms with Gasteiger partial charge in [0.25, 0.3) is 0 Å². The van der Waals surface area contributed by atoms with Gasteiger partial charge in [0.1, 0.15) is 11.2 Å². The van der Waals surface area contributed by atoms with Crippen LogP contribution in [0.2, 0.25) is 0 Å². The second kappa shape index (κ2) is 16.5. The highest BCUT2D eigenvalue weighted by molar-refractivity contribution is 8.00. The minimum atomic E-state index is 0.0294. The third kappa shape index (κ3) is 7.19. The third-order valence-electron chi connectivity index (χ3n) is 13.4. The first-order valence-electron chi connectivity index (χ1n) is 22.3. The second-order valence-corrected chi connectivity index (χ2v) is 18.4.